The van der Waals surface area contributed by atoms with E-state index < -0.39 is 8.07 Å². The second kappa shape index (κ2) is 4.77. The molecule has 0 aliphatic carbocycles. The summed E-state index contributed by atoms with van der Waals surface area (Å²) in [6.45, 7) is 9.09. The lowest BCUT2D eigenvalue weighted by Gasteiger charge is -2.13. The van der Waals surface area contributed by atoms with Gasteiger partial charge in [0, 0.05) is 0 Å². The minimum absolute atomic E-state index is 0.165. The van der Waals surface area contributed by atoms with Crippen LogP contribution in [0.15, 0.2) is 0 Å². The summed E-state index contributed by atoms with van der Waals surface area (Å²) in [7, 11) is -1.18. The van der Waals surface area contributed by atoms with Crippen LogP contribution in [0.2, 0.25) is 19.6 Å². The monoisotopic (exact) mass is 216 g/mol. The number of ether oxygens (including phenoxy) is 1. The molecular formula is C11H24O2Si. The van der Waals surface area contributed by atoms with Crippen molar-refractivity contribution in [2.75, 3.05) is 0 Å². The molecule has 0 aromatic heterocycles. The van der Waals surface area contributed by atoms with Crippen molar-refractivity contribution in [3.63, 3.8) is 0 Å². The zero-order valence-corrected chi connectivity index (χ0v) is 10.9. The molecule has 1 aliphatic heterocycles. The van der Waals surface area contributed by atoms with E-state index in [1.807, 2.05) is 0 Å². The van der Waals surface area contributed by atoms with Crippen LogP contribution in [-0.2, 0) is 4.74 Å². The van der Waals surface area contributed by atoms with Gasteiger partial charge in [0.1, 0.15) is 6.10 Å². The van der Waals surface area contributed by atoms with E-state index in [1.165, 1.54) is 12.8 Å². The van der Waals surface area contributed by atoms with Crippen LogP contribution < -0.4 is 0 Å². The van der Waals surface area contributed by atoms with E-state index in [9.17, 15) is 5.11 Å². The van der Waals surface area contributed by atoms with Gasteiger partial charge in [-0.25, -0.2) is 0 Å². The Hall–Kier alpha value is 0.137. The molecule has 1 rings (SSSR count). The van der Waals surface area contributed by atoms with Crippen molar-refractivity contribution in [2.24, 2.45) is 0 Å². The fraction of sp³-hybridized carbons (Fsp3) is 1.00. The largest absolute Gasteiger partial charge is 0.390 e. The van der Waals surface area contributed by atoms with Gasteiger partial charge in [0.2, 0.25) is 0 Å². The van der Waals surface area contributed by atoms with Crippen LogP contribution in [0.3, 0.4) is 0 Å². The summed E-state index contributed by atoms with van der Waals surface area (Å²) in [5.41, 5.74) is 0.402. The van der Waals surface area contributed by atoms with Crippen LogP contribution in [0, 0.1) is 0 Å². The molecule has 0 aromatic carbocycles. The van der Waals surface area contributed by atoms with Gasteiger partial charge < -0.3 is 9.84 Å². The van der Waals surface area contributed by atoms with E-state index in [0.29, 0.717) is 5.73 Å². The third-order valence-electron chi connectivity index (χ3n) is 2.86. The highest BCUT2D eigenvalue weighted by molar-refractivity contribution is 6.78. The van der Waals surface area contributed by atoms with Gasteiger partial charge in [-0.3, -0.25) is 0 Å². The zero-order chi connectivity index (χ0) is 10.8. The fourth-order valence-electron chi connectivity index (χ4n) is 1.88. The number of hydrogen-bond acceptors (Lipinski definition) is 2. The predicted molar refractivity (Wildman–Crippen MR) is 62.2 cm³/mol. The first-order valence-electron chi connectivity index (χ1n) is 5.80. The maximum Gasteiger partial charge on any atom is 0.107 e. The summed E-state index contributed by atoms with van der Waals surface area (Å²) >= 11 is 0. The summed E-state index contributed by atoms with van der Waals surface area (Å²) in [4.78, 5) is 0. The Kier molecular flexibility index (Phi) is 4.16. The standard InChI is InChI=1S/C11H24O2Si/c1-5-6-7-8-9(12)10-11(13-10)14(2,3)4/h9-12H,5-8H2,1-4H3/t9-,10+,11-/m0/s1. The lowest BCUT2D eigenvalue weighted by Crippen LogP contribution is -2.33. The second-order valence-electron chi connectivity index (χ2n) is 5.45. The SMILES string of the molecule is CCCCC[C@H](O)[C@H]1O[C@H]1[Si](C)(C)C. The van der Waals surface area contributed by atoms with Crippen LogP contribution in [-0.4, -0.2) is 31.1 Å². The predicted octanol–water partition coefficient (Wildman–Crippen LogP) is 2.57. The van der Waals surface area contributed by atoms with Gasteiger partial charge in [0.15, 0.2) is 0 Å². The summed E-state index contributed by atoms with van der Waals surface area (Å²) < 4.78 is 5.59. The Morgan fingerprint density at radius 1 is 1.29 bits per heavy atom. The first-order chi connectivity index (χ1) is 6.46. The Balaban J connectivity index is 2.19. The molecule has 84 valence electrons. The second-order valence-corrected chi connectivity index (χ2v) is 10.8. The van der Waals surface area contributed by atoms with Crippen molar-refractivity contribution >= 4 is 8.07 Å². The van der Waals surface area contributed by atoms with Gasteiger partial charge in [-0.1, -0.05) is 45.8 Å². The number of aliphatic hydroxyl groups is 1. The van der Waals surface area contributed by atoms with Gasteiger partial charge in [0.05, 0.1) is 19.9 Å². The first kappa shape index (κ1) is 12.2. The fourth-order valence-corrected chi connectivity index (χ4v) is 3.65. The summed E-state index contributed by atoms with van der Waals surface area (Å²) in [6, 6.07) is 0. The minimum Gasteiger partial charge on any atom is -0.390 e. The van der Waals surface area contributed by atoms with Crippen molar-refractivity contribution in [1.82, 2.24) is 0 Å². The maximum atomic E-state index is 9.85. The van der Waals surface area contributed by atoms with Crippen molar-refractivity contribution < 1.29 is 9.84 Å². The van der Waals surface area contributed by atoms with Crippen molar-refractivity contribution in [2.45, 2.75) is 70.2 Å². The van der Waals surface area contributed by atoms with Gasteiger partial charge in [-0.15, -0.1) is 0 Å². The molecule has 0 bridgehead atoms. The summed E-state index contributed by atoms with van der Waals surface area (Å²) in [6.07, 6.45) is 4.45. The highest BCUT2D eigenvalue weighted by Crippen LogP contribution is 2.34. The average molecular weight is 216 g/mol. The van der Waals surface area contributed by atoms with E-state index in [1.54, 1.807) is 0 Å². The molecule has 14 heavy (non-hydrogen) atoms. The number of epoxide rings is 1. The molecule has 3 heteroatoms. The number of hydrogen-bond donors (Lipinski definition) is 1. The first-order valence-corrected chi connectivity index (χ1v) is 9.38. The topological polar surface area (TPSA) is 32.8 Å². The van der Waals surface area contributed by atoms with Crippen molar-refractivity contribution in [1.29, 1.82) is 0 Å². The number of unbranched alkanes of at least 4 members (excludes halogenated alkanes) is 2. The zero-order valence-electron chi connectivity index (χ0n) is 9.92. The Morgan fingerprint density at radius 3 is 2.36 bits per heavy atom. The van der Waals surface area contributed by atoms with Crippen LogP contribution in [0.5, 0.6) is 0 Å². The lowest BCUT2D eigenvalue weighted by molar-refractivity contribution is 0.123. The molecule has 1 saturated heterocycles. The molecule has 2 nitrogen and oxygen atoms in total. The molecule has 1 N–H and O–H groups in total. The molecule has 0 saturated carbocycles. The normalized spacial score (nSPS) is 28.9. The molecular weight excluding hydrogens is 192 g/mol. The van der Waals surface area contributed by atoms with Crippen LogP contribution >= 0.6 is 0 Å². The molecule has 0 aromatic rings. The van der Waals surface area contributed by atoms with E-state index in [0.717, 1.165) is 12.8 Å². The van der Waals surface area contributed by atoms with E-state index in [2.05, 4.69) is 26.6 Å². The Bertz CT molecular complexity index is 177. The number of rotatable bonds is 6. The lowest BCUT2D eigenvalue weighted by atomic mass is 10.1. The molecule has 3 atom stereocenters. The van der Waals surface area contributed by atoms with E-state index in [4.69, 9.17) is 4.74 Å². The van der Waals surface area contributed by atoms with Crippen LogP contribution in [0.25, 0.3) is 0 Å². The third kappa shape index (κ3) is 3.37. The average Bonchev–Trinajstić information content (AvgIpc) is 2.81. The van der Waals surface area contributed by atoms with Crippen LogP contribution in [0.1, 0.15) is 32.6 Å². The van der Waals surface area contributed by atoms with Crippen LogP contribution in [0.4, 0.5) is 0 Å². The quantitative estimate of drug-likeness (QED) is 0.420. The van der Waals surface area contributed by atoms with E-state index >= 15 is 0 Å². The highest BCUT2D eigenvalue weighted by atomic mass is 28.3. The van der Waals surface area contributed by atoms with E-state index in [-0.39, 0.29) is 12.2 Å². The third-order valence-corrected chi connectivity index (χ3v) is 5.03. The molecule has 0 radical (unpaired) electrons. The maximum absolute atomic E-state index is 9.85. The molecule has 0 amide bonds. The van der Waals surface area contributed by atoms with Gasteiger partial charge in [-0.05, 0) is 6.42 Å². The molecule has 0 unspecified atom stereocenters. The van der Waals surface area contributed by atoms with Crippen molar-refractivity contribution in [3.05, 3.63) is 0 Å². The number of aliphatic hydroxyl groups excluding tert-OH is 1. The summed E-state index contributed by atoms with van der Waals surface area (Å²) in [5.74, 6) is 0. The molecule has 1 fully saturated rings. The van der Waals surface area contributed by atoms with Crippen molar-refractivity contribution in [3.8, 4) is 0 Å². The van der Waals surface area contributed by atoms with Gasteiger partial charge in [0.25, 0.3) is 0 Å². The molecule has 1 aliphatic rings. The minimum atomic E-state index is -1.18. The smallest absolute Gasteiger partial charge is 0.107 e. The Morgan fingerprint density at radius 2 is 1.93 bits per heavy atom. The van der Waals surface area contributed by atoms with Gasteiger partial charge >= 0.3 is 0 Å². The molecule has 1 heterocycles. The van der Waals surface area contributed by atoms with Gasteiger partial charge in [-0.2, -0.15) is 0 Å². The summed E-state index contributed by atoms with van der Waals surface area (Å²) in [5, 5.41) is 9.85. The Labute approximate surface area is 88.7 Å². The molecule has 0 spiro atoms. The highest BCUT2D eigenvalue weighted by Gasteiger charge is 2.51.